The maximum Gasteiger partial charge on any atom is 0.227 e. The predicted molar refractivity (Wildman–Crippen MR) is 194 cm³/mol. The van der Waals surface area contributed by atoms with E-state index in [0.29, 0.717) is 22.6 Å². The summed E-state index contributed by atoms with van der Waals surface area (Å²) in [6.07, 6.45) is 0. The molecule has 0 aliphatic heterocycles. The minimum atomic E-state index is 0.156. The van der Waals surface area contributed by atoms with Crippen molar-refractivity contribution in [3.8, 4) is 33.8 Å². The number of hydrogen-bond acceptors (Lipinski definition) is 4. The van der Waals surface area contributed by atoms with Crippen molar-refractivity contribution in [3.05, 3.63) is 163 Å². The van der Waals surface area contributed by atoms with Crippen molar-refractivity contribution in [2.24, 2.45) is 4.99 Å². The Balaban J connectivity index is 1.07. The highest BCUT2D eigenvalue weighted by Gasteiger charge is 2.14. The Morgan fingerprint density at radius 1 is 0.583 bits per heavy atom. The van der Waals surface area contributed by atoms with Crippen molar-refractivity contribution >= 4 is 49.5 Å². The Morgan fingerprint density at radius 3 is 2.08 bits per heavy atom. The smallest absolute Gasteiger partial charge is 0.227 e. The van der Waals surface area contributed by atoms with Crippen molar-refractivity contribution in [1.82, 2.24) is 15.0 Å². The van der Waals surface area contributed by atoms with Gasteiger partial charge in [0.25, 0.3) is 0 Å². The van der Waals surface area contributed by atoms with Gasteiger partial charge in [-0.1, -0.05) is 115 Å². The highest BCUT2D eigenvalue weighted by molar-refractivity contribution is 6.18. The zero-order valence-corrected chi connectivity index (χ0v) is 25.7. The minimum absolute atomic E-state index is 0.156. The fourth-order valence-corrected chi connectivity index (χ4v) is 6.33. The number of aromatic nitrogens is 3. The van der Waals surface area contributed by atoms with Gasteiger partial charge < -0.3 is 9.40 Å². The molecule has 0 aliphatic carbocycles. The first-order valence-corrected chi connectivity index (χ1v) is 15.8. The van der Waals surface area contributed by atoms with Crippen molar-refractivity contribution < 1.29 is 4.42 Å². The number of nitrogens with one attached hydrogen (secondary N) is 2. The van der Waals surface area contributed by atoms with Gasteiger partial charge in [-0.05, 0) is 63.7 Å². The fourth-order valence-electron chi connectivity index (χ4n) is 6.33. The molecule has 2 aromatic heterocycles. The van der Waals surface area contributed by atoms with E-state index in [1.165, 1.54) is 0 Å². The highest BCUT2D eigenvalue weighted by atomic mass is 16.3. The van der Waals surface area contributed by atoms with Crippen molar-refractivity contribution in [1.29, 1.82) is 5.41 Å². The van der Waals surface area contributed by atoms with E-state index in [1.54, 1.807) is 0 Å². The second kappa shape index (κ2) is 11.3. The number of amidine groups is 1. The summed E-state index contributed by atoms with van der Waals surface area (Å²) in [4.78, 5) is 17.8. The number of para-hydroxylation sites is 2. The van der Waals surface area contributed by atoms with E-state index in [2.05, 4.69) is 41.4 Å². The molecule has 0 atom stereocenters. The largest absolute Gasteiger partial charge is 0.435 e. The maximum atomic E-state index is 8.89. The standard InChI is InChI=1S/C42H27N5O/c43-40(47-41-38(28-9-3-1-4-10-28)44-34-13-7-8-14-35(34)45-41)29-18-15-26(16-19-29)31-21-23-33-32(25-31)20-17-27-22-24-36-39(37(27)33)48-42(46-36)30-11-5-2-6-12-30/h1-25H,(H2,43,45,47). The van der Waals surface area contributed by atoms with E-state index >= 15 is 0 Å². The molecule has 9 rings (SSSR count). The van der Waals surface area contributed by atoms with Gasteiger partial charge in [-0.15, -0.1) is 0 Å². The zero-order valence-electron chi connectivity index (χ0n) is 25.7. The Labute approximate surface area is 275 Å². The lowest BCUT2D eigenvalue weighted by atomic mass is 9.96. The van der Waals surface area contributed by atoms with Crippen molar-refractivity contribution in [2.45, 2.75) is 0 Å². The molecule has 6 nitrogen and oxygen atoms in total. The van der Waals surface area contributed by atoms with Gasteiger partial charge >= 0.3 is 0 Å². The van der Waals surface area contributed by atoms with E-state index < -0.39 is 0 Å². The van der Waals surface area contributed by atoms with Crippen LogP contribution in [0.2, 0.25) is 0 Å². The third kappa shape index (κ3) is 4.84. The van der Waals surface area contributed by atoms with Gasteiger partial charge in [-0.3, -0.25) is 5.41 Å². The molecule has 7 aromatic carbocycles. The van der Waals surface area contributed by atoms with Crippen LogP contribution in [-0.4, -0.2) is 20.8 Å². The van der Waals surface area contributed by atoms with Crippen LogP contribution in [0.4, 0.5) is 0 Å². The predicted octanol–water partition coefficient (Wildman–Crippen LogP) is 9.94. The molecule has 0 saturated heterocycles. The fraction of sp³-hybridized carbons (Fsp3) is 0. The monoisotopic (exact) mass is 617 g/mol. The lowest BCUT2D eigenvalue weighted by molar-refractivity contribution is 0.623. The molecule has 0 amide bonds. The quantitative estimate of drug-likeness (QED) is 0.117. The van der Waals surface area contributed by atoms with Crippen LogP contribution in [-0.2, 0) is 0 Å². The van der Waals surface area contributed by atoms with Crippen molar-refractivity contribution in [2.75, 3.05) is 0 Å². The van der Waals surface area contributed by atoms with Crippen LogP contribution in [0, 0.1) is 5.41 Å². The summed E-state index contributed by atoms with van der Waals surface area (Å²) in [5.41, 5.74) is 9.36. The molecule has 0 aliphatic rings. The van der Waals surface area contributed by atoms with Crippen LogP contribution >= 0.6 is 0 Å². The van der Waals surface area contributed by atoms with Gasteiger partial charge in [-0.2, -0.15) is 0 Å². The van der Waals surface area contributed by atoms with E-state index in [9.17, 15) is 0 Å². The normalized spacial score (nSPS) is 12.0. The minimum Gasteiger partial charge on any atom is -0.435 e. The van der Waals surface area contributed by atoms with Gasteiger partial charge in [0.1, 0.15) is 11.2 Å². The summed E-state index contributed by atoms with van der Waals surface area (Å²) in [7, 11) is 0. The van der Waals surface area contributed by atoms with Crippen LogP contribution in [0.25, 0.3) is 77.5 Å². The first-order chi connectivity index (χ1) is 23.7. The van der Waals surface area contributed by atoms with Crippen LogP contribution < -0.4 is 5.49 Å². The third-order valence-electron chi connectivity index (χ3n) is 8.75. The molecule has 48 heavy (non-hydrogen) atoms. The van der Waals surface area contributed by atoms with Crippen LogP contribution in [0.15, 0.2) is 161 Å². The Hall–Kier alpha value is -6.66. The molecule has 6 heteroatoms. The average molecular weight is 618 g/mol. The average Bonchev–Trinajstić information content (AvgIpc) is 3.60. The molecule has 0 fully saturated rings. The number of rotatable bonds is 4. The Bertz CT molecular complexity index is 2730. The number of benzene rings is 7. The number of nitrogens with zero attached hydrogens (tertiary/aromatic N) is 3. The summed E-state index contributed by atoms with van der Waals surface area (Å²) in [5, 5.41) is 13.3. The van der Waals surface area contributed by atoms with Crippen LogP contribution in [0.3, 0.4) is 0 Å². The third-order valence-corrected chi connectivity index (χ3v) is 8.75. The number of hydrogen-bond donors (Lipinski definition) is 2. The molecule has 0 unspecified atom stereocenters. The summed E-state index contributed by atoms with van der Waals surface area (Å²) in [6, 6.07) is 50.7. The van der Waals surface area contributed by atoms with Crippen LogP contribution in [0.5, 0.6) is 0 Å². The Kier molecular flexibility index (Phi) is 6.50. The number of fused-ring (bicyclic) bond motifs is 6. The molecule has 2 heterocycles. The Morgan fingerprint density at radius 2 is 1.27 bits per heavy atom. The molecular formula is C42H27N5O. The molecule has 2 N–H and O–H groups in total. The highest BCUT2D eigenvalue weighted by Crippen LogP contribution is 2.36. The van der Waals surface area contributed by atoms with Gasteiger partial charge in [0.05, 0.1) is 11.0 Å². The molecular weight excluding hydrogens is 590 g/mol. The molecule has 0 spiro atoms. The summed E-state index contributed by atoms with van der Waals surface area (Å²) < 4.78 is 6.38. The lowest BCUT2D eigenvalue weighted by Gasteiger charge is -2.09. The van der Waals surface area contributed by atoms with Gasteiger partial charge in [0.2, 0.25) is 5.89 Å². The SMILES string of the molecule is N=C(N=c1[nH]c2ccccc2nc1-c1ccccc1)c1ccc(-c2ccc3c(ccc4ccc5nc(-c6ccccc6)oc5c43)c2)cc1. The number of aromatic amines is 1. The van der Waals surface area contributed by atoms with E-state index in [0.717, 1.165) is 65.9 Å². The number of H-pyrrole nitrogens is 1. The summed E-state index contributed by atoms with van der Waals surface area (Å²) in [6.45, 7) is 0. The topological polar surface area (TPSA) is 90.9 Å². The number of oxazole rings is 1. The molecule has 9 aromatic rings. The molecule has 0 bridgehead atoms. The lowest BCUT2D eigenvalue weighted by Crippen LogP contribution is -2.16. The van der Waals surface area contributed by atoms with Gasteiger partial charge in [0.15, 0.2) is 16.9 Å². The first-order valence-electron chi connectivity index (χ1n) is 15.8. The van der Waals surface area contributed by atoms with E-state index in [4.69, 9.17) is 24.8 Å². The van der Waals surface area contributed by atoms with Gasteiger partial charge in [-0.25, -0.2) is 15.0 Å². The first kappa shape index (κ1) is 27.6. The summed E-state index contributed by atoms with van der Waals surface area (Å²) >= 11 is 0. The van der Waals surface area contributed by atoms with Gasteiger partial charge in [0, 0.05) is 22.1 Å². The van der Waals surface area contributed by atoms with E-state index in [1.807, 2.05) is 115 Å². The van der Waals surface area contributed by atoms with Crippen LogP contribution in [0.1, 0.15) is 5.56 Å². The molecule has 0 saturated carbocycles. The second-order valence-electron chi connectivity index (χ2n) is 11.8. The molecule has 226 valence electrons. The zero-order chi connectivity index (χ0) is 32.0. The summed E-state index contributed by atoms with van der Waals surface area (Å²) in [5.74, 6) is 0.776. The maximum absolute atomic E-state index is 8.89. The molecule has 0 radical (unpaired) electrons. The van der Waals surface area contributed by atoms with Crippen molar-refractivity contribution in [3.63, 3.8) is 0 Å². The van der Waals surface area contributed by atoms with E-state index in [-0.39, 0.29) is 5.84 Å². The second-order valence-corrected chi connectivity index (χ2v) is 11.8.